The monoisotopic (exact) mass is 516 g/mol. The normalized spacial score (nSPS) is 23.6. The molecule has 10 nitrogen and oxygen atoms in total. The molecule has 4 aliphatic rings. The van der Waals surface area contributed by atoms with E-state index in [2.05, 4.69) is 25.5 Å². The third-order valence-electron chi connectivity index (χ3n) is 8.29. The smallest absolute Gasteiger partial charge is 0.322 e. The molecule has 1 aromatic heterocycles. The van der Waals surface area contributed by atoms with Crippen LogP contribution in [0.2, 0.25) is 0 Å². The van der Waals surface area contributed by atoms with Crippen molar-refractivity contribution in [1.29, 1.82) is 0 Å². The summed E-state index contributed by atoms with van der Waals surface area (Å²) in [5, 5.41) is 5.96. The van der Waals surface area contributed by atoms with Crippen molar-refractivity contribution in [2.24, 2.45) is 11.8 Å². The molecule has 0 saturated carbocycles. The number of carbonyl (C=O) groups is 3. The third-order valence-corrected chi connectivity index (χ3v) is 8.29. The van der Waals surface area contributed by atoms with E-state index in [-0.39, 0.29) is 35.6 Å². The summed E-state index contributed by atoms with van der Waals surface area (Å²) in [4.78, 5) is 50.9. The molecule has 38 heavy (non-hydrogen) atoms. The summed E-state index contributed by atoms with van der Waals surface area (Å²) in [6.07, 6.45) is 7.60. The average molecular weight is 517 g/mol. The minimum absolute atomic E-state index is 0.00983. The highest BCUT2D eigenvalue weighted by Crippen LogP contribution is 2.35. The summed E-state index contributed by atoms with van der Waals surface area (Å²) >= 11 is 0. The standard InChI is InChI=1S/C28H32N6O4/c1-38-21-3-5-22-17(13-21)6-11-34(28(37)32-22)20-7-9-33(10-8-20)25-15-24(29-16-30-25)27(36)18-2-4-23-19(12-18)14-26(35)31-23/h3-5,13,15-16,18-20H,2,6-12,14H2,1H3,(H,31,35)(H,32,37). The maximum Gasteiger partial charge on any atom is 0.322 e. The van der Waals surface area contributed by atoms with Crippen LogP contribution in [0.4, 0.5) is 16.3 Å². The zero-order valence-electron chi connectivity index (χ0n) is 21.5. The van der Waals surface area contributed by atoms with Gasteiger partial charge in [0.05, 0.1) is 7.11 Å². The fourth-order valence-electron chi connectivity index (χ4n) is 6.17. The van der Waals surface area contributed by atoms with Crippen LogP contribution in [-0.2, 0) is 11.2 Å². The van der Waals surface area contributed by atoms with Crippen molar-refractivity contribution in [3.05, 3.63) is 53.6 Å². The van der Waals surface area contributed by atoms with Gasteiger partial charge in [-0.1, -0.05) is 6.08 Å². The number of carbonyl (C=O) groups excluding carboxylic acids is 3. The molecule has 3 aliphatic heterocycles. The molecule has 2 atom stereocenters. The summed E-state index contributed by atoms with van der Waals surface area (Å²) in [6.45, 7) is 2.14. The van der Waals surface area contributed by atoms with Gasteiger partial charge in [0.1, 0.15) is 23.6 Å². The molecule has 3 amide bonds. The molecule has 0 radical (unpaired) electrons. The highest BCUT2D eigenvalue weighted by atomic mass is 16.5. The van der Waals surface area contributed by atoms with Gasteiger partial charge in [-0.05, 0) is 55.9 Å². The first-order valence-corrected chi connectivity index (χ1v) is 13.3. The van der Waals surface area contributed by atoms with Gasteiger partial charge in [0.2, 0.25) is 5.91 Å². The van der Waals surface area contributed by atoms with Crippen LogP contribution in [0.3, 0.4) is 0 Å². The summed E-state index contributed by atoms with van der Waals surface area (Å²) in [5.74, 6) is 1.51. The van der Waals surface area contributed by atoms with Crippen LogP contribution < -0.4 is 20.3 Å². The average Bonchev–Trinajstić information content (AvgIpc) is 3.24. The lowest BCUT2D eigenvalue weighted by atomic mass is 9.81. The number of piperidine rings is 1. The Morgan fingerprint density at radius 2 is 1.92 bits per heavy atom. The predicted molar refractivity (Wildman–Crippen MR) is 141 cm³/mol. The van der Waals surface area contributed by atoms with Gasteiger partial charge in [-0.2, -0.15) is 0 Å². The molecule has 0 spiro atoms. The molecule has 2 aromatic rings. The Morgan fingerprint density at radius 1 is 1.08 bits per heavy atom. The number of ether oxygens (including phenoxy) is 1. The molecular formula is C28H32N6O4. The van der Waals surface area contributed by atoms with Crippen LogP contribution in [0.15, 0.2) is 42.4 Å². The van der Waals surface area contributed by atoms with Gasteiger partial charge in [0.15, 0.2) is 5.78 Å². The van der Waals surface area contributed by atoms with E-state index in [0.717, 1.165) is 60.9 Å². The van der Waals surface area contributed by atoms with Crippen molar-refractivity contribution in [3.8, 4) is 5.75 Å². The lowest BCUT2D eigenvalue weighted by molar-refractivity contribution is -0.119. The van der Waals surface area contributed by atoms with E-state index in [4.69, 9.17) is 4.74 Å². The number of fused-ring (bicyclic) bond motifs is 2. The fourth-order valence-corrected chi connectivity index (χ4v) is 6.17. The molecule has 1 aliphatic carbocycles. The Labute approximate surface area is 221 Å². The number of allylic oxidation sites excluding steroid dienone is 2. The van der Waals surface area contributed by atoms with E-state index in [9.17, 15) is 14.4 Å². The van der Waals surface area contributed by atoms with Crippen LogP contribution in [-0.4, -0.2) is 65.4 Å². The molecule has 2 N–H and O–H groups in total. The van der Waals surface area contributed by atoms with Crippen LogP contribution in [0, 0.1) is 11.8 Å². The van der Waals surface area contributed by atoms with E-state index in [1.807, 2.05) is 29.2 Å². The van der Waals surface area contributed by atoms with E-state index < -0.39 is 0 Å². The van der Waals surface area contributed by atoms with E-state index in [0.29, 0.717) is 31.5 Å². The van der Waals surface area contributed by atoms with Crippen molar-refractivity contribution in [1.82, 2.24) is 20.2 Å². The first-order chi connectivity index (χ1) is 18.5. The topological polar surface area (TPSA) is 117 Å². The minimum atomic E-state index is -0.171. The molecule has 2 saturated heterocycles. The summed E-state index contributed by atoms with van der Waals surface area (Å²) in [7, 11) is 1.65. The Hall–Kier alpha value is -3.95. The largest absolute Gasteiger partial charge is 0.497 e. The molecule has 2 fully saturated rings. The predicted octanol–water partition coefficient (Wildman–Crippen LogP) is 3.16. The molecule has 0 bridgehead atoms. The van der Waals surface area contributed by atoms with Crippen LogP contribution >= 0.6 is 0 Å². The maximum absolute atomic E-state index is 13.3. The van der Waals surface area contributed by atoms with Crippen molar-refractivity contribution in [2.75, 3.05) is 37.0 Å². The number of anilines is 2. The molecule has 10 heteroatoms. The minimum Gasteiger partial charge on any atom is -0.497 e. The van der Waals surface area contributed by atoms with Gasteiger partial charge < -0.3 is 25.2 Å². The van der Waals surface area contributed by atoms with Crippen molar-refractivity contribution >= 4 is 29.2 Å². The van der Waals surface area contributed by atoms with Gasteiger partial charge in [0.25, 0.3) is 0 Å². The number of rotatable bonds is 5. The highest BCUT2D eigenvalue weighted by molar-refractivity contribution is 5.97. The number of amides is 3. The zero-order chi connectivity index (χ0) is 26.2. The van der Waals surface area contributed by atoms with E-state index in [1.54, 1.807) is 13.2 Å². The van der Waals surface area contributed by atoms with E-state index in [1.165, 1.54) is 6.33 Å². The quantitative estimate of drug-likeness (QED) is 0.587. The number of aromatic nitrogens is 2. The zero-order valence-corrected chi connectivity index (χ0v) is 21.5. The summed E-state index contributed by atoms with van der Waals surface area (Å²) in [5.41, 5.74) is 3.31. The number of nitrogens with zero attached hydrogens (tertiary/aromatic N) is 4. The molecule has 2 unspecified atom stereocenters. The number of urea groups is 1. The lowest BCUT2D eigenvalue weighted by Gasteiger charge is -2.38. The Kier molecular flexibility index (Phi) is 6.47. The maximum atomic E-state index is 13.3. The SMILES string of the molecule is COc1ccc2c(c1)CCN(C1CCN(c3cc(C(=O)C4CC=C5NC(=O)CC5C4)ncn3)CC1)C(=O)N2. The molecule has 1 aromatic carbocycles. The summed E-state index contributed by atoms with van der Waals surface area (Å²) in [6, 6.07) is 7.62. The van der Waals surface area contributed by atoms with Gasteiger partial charge in [0, 0.05) is 61.4 Å². The van der Waals surface area contributed by atoms with Crippen LogP contribution in [0.5, 0.6) is 5.75 Å². The summed E-state index contributed by atoms with van der Waals surface area (Å²) < 4.78 is 5.34. The molecule has 6 rings (SSSR count). The number of nitrogens with one attached hydrogen (secondary N) is 2. The van der Waals surface area contributed by atoms with Crippen molar-refractivity contribution in [2.45, 2.75) is 44.6 Å². The van der Waals surface area contributed by atoms with Gasteiger partial charge >= 0.3 is 6.03 Å². The van der Waals surface area contributed by atoms with E-state index >= 15 is 0 Å². The second kappa shape index (κ2) is 10.1. The second-order valence-electron chi connectivity index (χ2n) is 10.5. The second-order valence-corrected chi connectivity index (χ2v) is 10.5. The van der Waals surface area contributed by atoms with Crippen LogP contribution in [0.25, 0.3) is 0 Å². The molecule has 4 heterocycles. The highest BCUT2D eigenvalue weighted by Gasteiger charge is 2.36. The first kappa shape index (κ1) is 24.4. The number of hydrogen-bond donors (Lipinski definition) is 2. The lowest BCUT2D eigenvalue weighted by Crippen LogP contribution is -2.49. The van der Waals surface area contributed by atoms with Gasteiger partial charge in [-0.15, -0.1) is 0 Å². The van der Waals surface area contributed by atoms with Crippen molar-refractivity contribution in [3.63, 3.8) is 0 Å². The number of Topliss-reactive ketones (excluding diaryl/α,β-unsaturated/α-hetero) is 1. The molecule has 198 valence electrons. The number of benzene rings is 1. The molecular weight excluding hydrogens is 484 g/mol. The number of ketones is 1. The Balaban J connectivity index is 1.08. The van der Waals surface area contributed by atoms with Gasteiger partial charge in [-0.25, -0.2) is 14.8 Å². The first-order valence-electron chi connectivity index (χ1n) is 13.3. The fraction of sp³-hybridized carbons (Fsp3) is 0.464. The Morgan fingerprint density at radius 3 is 2.74 bits per heavy atom. The van der Waals surface area contributed by atoms with Crippen LogP contribution in [0.1, 0.15) is 48.2 Å². The Bertz CT molecular complexity index is 1300. The number of methoxy groups -OCH3 is 1. The van der Waals surface area contributed by atoms with Crippen molar-refractivity contribution < 1.29 is 19.1 Å². The van der Waals surface area contributed by atoms with Gasteiger partial charge in [-0.3, -0.25) is 9.59 Å². The third kappa shape index (κ3) is 4.70. The number of hydrogen-bond acceptors (Lipinski definition) is 7.